The van der Waals surface area contributed by atoms with E-state index in [1.165, 1.54) is 98.6 Å². The van der Waals surface area contributed by atoms with Crippen LogP contribution in [-0.2, 0) is 10.8 Å². The summed E-state index contributed by atoms with van der Waals surface area (Å²) < 4.78 is 0. The van der Waals surface area contributed by atoms with E-state index in [0.717, 1.165) is 0 Å². The molecule has 5 aromatic rings. The maximum Gasteiger partial charge on any atom is 0.252 e. The fourth-order valence-corrected chi connectivity index (χ4v) is 11.2. The highest BCUT2D eigenvalue weighted by molar-refractivity contribution is 7.00. The fraction of sp³-hybridized carbons (Fsp3) is 0.348. The summed E-state index contributed by atoms with van der Waals surface area (Å²) in [6.07, 6.45) is 5.00. The van der Waals surface area contributed by atoms with Gasteiger partial charge in [-0.3, -0.25) is 0 Å². The van der Waals surface area contributed by atoms with E-state index in [2.05, 4.69) is 167 Å². The number of anilines is 7. The van der Waals surface area contributed by atoms with E-state index in [1.54, 1.807) is 5.56 Å². The Bertz CT molecular complexity index is 2240. The zero-order valence-corrected chi connectivity index (χ0v) is 31.0. The van der Waals surface area contributed by atoms with E-state index in [0.29, 0.717) is 0 Å². The molecular formula is C46H48BN3. The van der Waals surface area contributed by atoms with Gasteiger partial charge in [0, 0.05) is 50.5 Å². The molecule has 4 heteroatoms. The van der Waals surface area contributed by atoms with Crippen molar-refractivity contribution in [2.75, 3.05) is 14.7 Å². The van der Waals surface area contributed by atoms with E-state index in [1.807, 2.05) is 0 Å². The predicted octanol–water partition coefficient (Wildman–Crippen LogP) is 9.87. The first kappa shape index (κ1) is 30.4. The summed E-state index contributed by atoms with van der Waals surface area (Å²) in [5, 5.41) is 0. The number of para-hydroxylation sites is 4. The lowest BCUT2D eigenvalue weighted by atomic mass is 9.33. The molecule has 10 rings (SSSR count). The Kier molecular flexibility index (Phi) is 5.87. The second-order valence-electron chi connectivity index (χ2n) is 17.4. The van der Waals surface area contributed by atoms with Crippen LogP contribution in [0.4, 0.5) is 39.8 Å². The van der Waals surface area contributed by atoms with E-state index < -0.39 is 0 Å². The van der Waals surface area contributed by atoms with Crippen LogP contribution >= 0.6 is 0 Å². The maximum absolute atomic E-state index is 2.87. The molecule has 0 bridgehead atoms. The minimum atomic E-state index is -0.144. The van der Waals surface area contributed by atoms with Crippen LogP contribution < -0.4 is 31.1 Å². The number of rotatable bonds is 3. The molecule has 4 aliphatic heterocycles. The Hall–Kier alpha value is -4.44. The largest absolute Gasteiger partial charge is 0.335 e. The van der Waals surface area contributed by atoms with Crippen molar-refractivity contribution >= 4 is 62.9 Å². The minimum Gasteiger partial charge on any atom is -0.335 e. The van der Waals surface area contributed by atoms with Gasteiger partial charge in [0.05, 0.1) is 11.2 Å². The van der Waals surface area contributed by atoms with Crippen LogP contribution in [0.5, 0.6) is 0 Å². The zero-order chi connectivity index (χ0) is 34.5. The Morgan fingerprint density at radius 3 is 1.76 bits per heavy atom. The third kappa shape index (κ3) is 3.39. The van der Waals surface area contributed by atoms with Crippen molar-refractivity contribution in [1.29, 1.82) is 0 Å². The van der Waals surface area contributed by atoms with Crippen LogP contribution in [0, 0.1) is 13.8 Å². The molecule has 4 heterocycles. The van der Waals surface area contributed by atoms with Gasteiger partial charge in [-0.05, 0) is 110 Å². The molecule has 1 fully saturated rings. The van der Waals surface area contributed by atoms with Crippen molar-refractivity contribution < 1.29 is 0 Å². The summed E-state index contributed by atoms with van der Waals surface area (Å²) >= 11 is 0. The molecule has 1 aliphatic carbocycles. The van der Waals surface area contributed by atoms with Crippen LogP contribution in [0.1, 0.15) is 89.5 Å². The molecule has 5 aromatic carbocycles. The summed E-state index contributed by atoms with van der Waals surface area (Å²) in [4.78, 5) is 8.18. The first-order valence-corrected chi connectivity index (χ1v) is 18.9. The van der Waals surface area contributed by atoms with Gasteiger partial charge in [0.2, 0.25) is 0 Å². The average Bonchev–Trinajstić information content (AvgIpc) is 3.41. The van der Waals surface area contributed by atoms with Crippen molar-refractivity contribution in [3.05, 3.63) is 119 Å². The molecule has 0 N–H and O–H groups in total. The molecule has 0 saturated heterocycles. The maximum atomic E-state index is 2.87. The lowest BCUT2D eigenvalue weighted by Gasteiger charge is -2.53. The predicted molar refractivity (Wildman–Crippen MR) is 214 cm³/mol. The van der Waals surface area contributed by atoms with E-state index in [4.69, 9.17) is 0 Å². The highest BCUT2D eigenvalue weighted by atomic mass is 15.3. The SMILES string of the molecule is Cc1ccccc1N(c1cc2c3c(c1)N1c4c(cccc4C4(C)CCCCC14C)B3c1cccc3c1N2C(C)(C)C3(C)C)c1ccccc1C. The second kappa shape index (κ2) is 9.66. The van der Waals surface area contributed by atoms with Crippen molar-refractivity contribution in [3.8, 4) is 0 Å². The lowest BCUT2D eigenvalue weighted by Crippen LogP contribution is -2.66. The van der Waals surface area contributed by atoms with Crippen molar-refractivity contribution in [2.45, 2.75) is 103 Å². The summed E-state index contributed by atoms with van der Waals surface area (Å²) in [6, 6.07) is 37.5. The molecule has 3 nitrogen and oxygen atoms in total. The standard InChI is InChI=1S/C46H48BN3/c1-29-17-9-11-23-36(29)48(37-24-12-10-18-30(37)2)31-27-38-40-39(28-31)50-42-33(45(7)25-13-14-26-46(45,50)8)20-16-22-35(42)47(40)34-21-15-19-32-41(34)49(38)44(5,6)43(32,3)4/h9-12,15-24,27-28H,13-14,25-26H2,1-8H3. The van der Waals surface area contributed by atoms with Gasteiger partial charge in [-0.15, -0.1) is 0 Å². The van der Waals surface area contributed by atoms with Gasteiger partial charge in [0.25, 0.3) is 6.71 Å². The van der Waals surface area contributed by atoms with Crippen LogP contribution in [0.15, 0.2) is 97.1 Å². The number of hydrogen-bond donors (Lipinski definition) is 0. The number of benzene rings is 5. The quantitative estimate of drug-likeness (QED) is 0.180. The molecule has 250 valence electrons. The van der Waals surface area contributed by atoms with Gasteiger partial charge in [0.1, 0.15) is 0 Å². The molecule has 2 atom stereocenters. The summed E-state index contributed by atoms with van der Waals surface area (Å²) in [7, 11) is 0. The van der Waals surface area contributed by atoms with Gasteiger partial charge in [0.15, 0.2) is 0 Å². The fourth-order valence-electron chi connectivity index (χ4n) is 11.2. The van der Waals surface area contributed by atoms with Crippen molar-refractivity contribution in [1.82, 2.24) is 0 Å². The van der Waals surface area contributed by atoms with Crippen LogP contribution in [0.3, 0.4) is 0 Å². The van der Waals surface area contributed by atoms with Gasteiger partial charge >= 0.3 is 0 Å². The Morgan fingerprint density at radius 2 is 1.14 bits per heavy atom. The third-order valence-electron chi connectivity index (χ3n) is 14.7. The van der Waals surface area contributed by atoms with Crippen LogP contribution in [-0.4, -0.2) is 17.8 Å². The summed E-state index contributed by atoms with van der Waals surface area (Å²) in [5.41, 5.74) is 19.3. The molecule has 0 spiro atoms. The summed E-state index contributed by atoms with van der Waals surface area (Å²) in [5.74, 6) is 0. The second-order valence-corrected chi connectivity index (χ2v) is 17.4. The molecule has 2 unspecified atom stereocenters. The average molecular weight is 654 g/mol. The lowest BCUT2D eigenvalue weighted by molar-refractivity contribution is 0.195. The highest BCUT2D eigenvalue weighted by Crippen LogP contribution is 2.63. The number of fused-ring (bicyclic) bond motifs is 7. The zero-order valence-electron chi connectivity index (χ0n) is 31.0. The van der Waals surface area contributed by atoms with Gasteiger partial charge < -0.3 is 14.7 Å². The topological polar surface area (TPSA) is 9.72 Å². The van der Waals surface area contributed by atoms with Crippen LogP contribution in [0.2, 0.25) is 0 Å². The highest BCUT2D eigenvalue weighted by Gasteiger charge is 2.63. The molecule has 0 radical (unpaired) electrons. The first-order chi connectivity index (χ1) is 23.9. The number of nitrogens with zero attached hydrogens (tertiary/aromatic N) is 3. The van der Waals surface area contributed by atoms with E-state index in [-0.39, 0.29) is 28.6 Å². The van der Waals surface area contributed by atoms with Gasteiger partial charge in [-0.25, -0.2) is 0 Å². The molecule has 0 amide bonds. The minimum absolute atomic E-state index is 0.0148. The van der Waals surface area contributed by atoms with Gasteiger partial charge in [-0.1, -0.05) is 106 Å². The Labute approximate surface area is 299 Å². The molecular weight excluding hydrogens is 605 g/mol. The smallest absolute Gasteiger partial charge is 0.252 e. The van der Waals surface area contributed by atoms with Crippen molar-refractivity contribution in [3.63, 3.8) is 0 Å². The molecule has 50 heavy (non-hydrogen) atoms. The normalized spacial score (nSPS) is 24.0. The molecule has 5 aliphatic rings. The Balaban J connectivity index is 1.36. The van der Waals surface area contributed by atoms with Crippen LogP contribution in [0.25, 0.3) is 0 Å². The third-order valence-corrected chi connectivity index (χ3v) is 14.7. The molecule has 0 aromatic heterocycles. The van der Waals surface area contributed by atoms with Gasteiger partial charge in [-0.2, -0.15) is 0 Å². The first-order valence-electron chi connectivity index (χ1n) is 18.9. The van der Waals surface area contributed by atoms with E-state index >= 15 is 0 Å². The summed E-state index contributed by atoms with van der Waals surface area (Å²) in [6.45, 7) is 19.7. The molecule has 1 saturated carbocycles. The monoisotopic (exact) mass is 653 g/mol. The Morgan fingerprint density at radius 1 is 0.600 bits per heavy atom. The number of hydrogen-bond acceptors (Lipinski definition) is 3. The number of aryl methyl sites for hydroxylation is 2. The van der Waals surface area contributed by atoms with E-state index in [9.17, 15) is 0 Å². The van der Waals surface area contributed by atoms with Crippen molar-refractivity contribution in [2.24, 2.45) is 0 Å².